The molecule has 3 N–H and O–H groups in total. The predicted molar refractivity (Wildman–Crippen MR) is 125 cm³/mol. The van der Waals surface area contributed by atoms with Crippen molar-refractivity contribution in [2.75, 3.05) is 43.4 Å². The summed E-state index contributed by atoms with van der Waals surface area (Å²) in [6.45, 7) is 3.24. The lowest BCUT2D eigenvalue weighted by molar-refractivity contribution is 0.650. The Labute approximate surface area is 181 Å². The average molecular weight is 424 g/mol. The molecule has 3 aromatic rings. The van der Waals surface area contributed by atoms with E-state index < -0.39 is 0 Å². The Kier molecular flexibility index (Phi) is 6.49. The van der Waals surface area contributed by atoms with Gasteiger partial charge in [0.15, 0.2) is 5.96 Å². The number of benzene rings is 1. The molecule has 3 heterocycles. The minimum absolute atomic E-state index is 0.296. The number of rotatable bonds is 6. The quantitative estimate of drug-likeness (QED) is 0.321. The van der Waals surface area contributed by atoms with Crippen LogP contribution in [0.2, 0.25) is 5.02 Å². The Balaban J connectivity index is 1.23. The van der Waals surface area contributed by atoms with E-state index in [1.54, 1.807) is 13.2 Å². The minimum atomic E-state index is 0.296. The summed E-state index contributed by atoms with van der Waals surface area (Å²) in [5.41, 5.74) is 0.992. The fourth-order valence-corrected chi connectivity index (χ4v) is 3.85. The van der Waals surface area contributed by atoms with Gasteiger partial charge in [0.25, 0.3) is 0 Å². The number of hydrogen-bond acceptors (Lipinski definition) is 5. The largest absolute Gasteiger partial charge is 0.368 e. The molecule has 1 saturated heterocycles. The van der Waals surface area contributed by atoms with E-state index in [2.05, 4.69) is 47.9 Å². The molecule has 2 aromatic heterocycles. The third-order valence-electron chi connectivity index (χ3n) is 5.11. The standard InChI is InChI=1S/C22H26ClN7/c1-24-22(28-17-10-14-30(15-17)21-18(23)6-4-11-26-21)27-13-12-25-20-9-8-16-5-2-3-7-19(16)29-20/h2-9,11,17H,10,12-15H2,1H3,(H,25,29)(H2,24,27,28). The van der Waals surface area contributed by atoms with Gasteiger partial charge in [0.1, 0.15) is 11.6 Å². The van der Waals surface area contributed by atoms with Crippen molar-refractivity contribution in [3.63, 3.8) is 0 Å². The second kappa shape index (κ2) is 9.63. The molecule has 1 fully saturated rings. The normalized spacial score (nSPS) is 16.7. The summed E-state index contributed by atoms with van der Waals surface area (Å²) in [7, 11) is 1.79. The molecule has 4 rings (SSSR count). The van der Waals surface area contributed by atoms with Crippen LogP contribution >= 0.6 is 11.6 Å². The number of fused-ring (bicyclic) bond motifs is 1. The van der Waals surface area contributed by atoms with Crippen LogP contribution in [0.1, 0.15) is 6.42 Å². The van der Waals surface area contributed by atoms with Crippen molar-refractivity contribution in [2.45, 2.75) is 12.5 Å². The fourth-order valence-electron chi connectivity index (χ4n) is 3.60. The average Bonchev–Trinajstić information content (AvgIpc) is 3.24. The zero-order valence-corrected chi connectivity index (χ0v) is 17.7. The first-order valence-electron chi connectivity index (χ1n) is 10.2. The van der Waals surface area contributed by atoms with Crippen molar-refractivity contribution >= 4 is 40.1 Å². The maximum atomic E-state index is 6.28. The lowest BCUT2D eigenvalue weighted by atomic mass is 10.2. The molecule has 0 bridgehead atoms. The van der Waals surface area contributed by atoms with E-state index in [0.29, 0.717) is 11.1 Å². The number of hydrogen-bond donors (Lipinski definition) is 3. The molecule has 1 aromatic carbocycles. The molecule has 156 valence electrons. The molecule has 1 aliphatic rings. The SMILES string of the molecule is CN=C(NCCNc1ccc2ccccc2n1)NC1CCN(c2ncccc2Cl)C1. The molecular weight excluding hydrogens is 398 g/mol. The topological polar surface area (TPSA) is 77.5 Å². The summed E-state index contributed by atoms with van der Waals surface area (Å²) in [6, 6.07) is 16.2. The molecule has 0 amide bonds. The van der Waals surface area contributed by atoms with Crippen molar-refractivity contribution in [3.8, 4) is 0 Å². The van der Waals surface area contributed by atoms with Gasteiger partial charge in [-0.05, 0) is 36.8 Å². The molecule has 1 unspecified atom stereocenters. The van der Waals surface area contributed by atoms with Crippen molar-refractivity contribution in [1.29, 1.82) is 0 Å². The highest BCUT2D eigenvalue weighted by molar-refractivity contribution is 6.32. The Morgan fingerprint density at radius 3 is 2.93 bits per heavy atom. The molecule has 1 atom stereocenters. The van der Waals surface area contributed by atoms with Gasteiger partial charge in [-0.2, -0.15) is 0 Å². The first-order chi connectivity index (χ1) is 14.7. The van der Waals surface area contributed by atoms with E-state index in [9.17, 15) is 0 Å². The van der Waals surface area contributed by atoms with Gasteiger partial charge < -0.3 is 20.9 Å². The summed E-state index contributed by atoms with van der Waals surface area (Å²) < 4.78 is 0. The summed E-state index contributed by atoms with van der Waals surface area (Å²) in [6.07, 6.45) is 2.78. The second-order valence-electron chi connectivity index (χ2n) is 7.20. The molecule has 0 radical (unpaired) electrons. The first-order valence-corrected chi connectivity index (χ1v) is 10.5. The van der Waals surface area contributed by atoms with Crippen LogP contribution < -0.4 is 20.9 Å². The molecule has 0 aliphatic carbocycles. The number of para-hydroxylation sites is 1. The van der Waals surface area contributed by atoms with Gasteiger partial charge in [-0.15, -0.1) is 0 Å². The minimum Gasteiger partial charge on any atom is -0.368 e. The van der Waals surface area contributed by atoms with Crippen LogP contribution in [0, 0.1) is 0 Å². The van der Waals surface area contributed by atoms with Crippen molar-refractivity contribution in [1.82, 2.24) is 20.6 Å². The summed E-state index contributed by atoms with van der Waals surface area (Å²) in [4.78, 5) is 15.6. The highest BCUT2D eigenvalue weighted by Crippen LogP contribution is 2.25. The van der Waals surface area contributed by atoms with Gasteiger partial charge in [0.2, 0.25) is 0 Å². The van der Waals surface area contributed by atoms with Crippen LogP contribution in [0.25, 0.3) is 10.9 Å². The van der Waals surface area contributed by atoms with Gasteiger partial charge in [-0.1, -0.05) is 29.8 Å². The van der Waals surface area contributed by atoms with E-state index in [1.165, 1.54) is 0 Å². The predicted octanol–water partition coefficient (Wildman–Crippen LogP) is 3.14. The van der Waals surface area contributed by atoms with Crippen LogP contribution in [0.4, 0.5) is 11.6 Å². The van der Waals surface area contributed by atoms with E-state index in [0.717, 1.165) is 61.1 Å². The third kappa shape index (κ3) is 4.91. The van der Waals surface area contributed by atoms with Crippen LogP contribution in [0.15, 0.2) is 59.7 Å². The molecule has 30 heavy (non-hydrogen) atoms. The Hall–Kier alpha value is -3.06. The number of halogens is 1. The van der Waals surface area contributed by atoms with Gasteiger partial charge in [0, 0.05) is 50.9 Å². The van der Waals surface area contributed by atoms with Gasteiger partial charge in [-0.3, -0.25) is 4.99 Å². The van der Waals surface area contributed by atoms with E-state index in [4.69, 9.17) is 11.6 Å². The van der Waals surface area contributed by atoms with Gasteiger partial charge in [0.05, 0.1) is 10.5 Å². The molecule has 7 nitrogen and oxygen atoms in total. The van der Waals surface area contributed by atoms with Crippen molar-refractivity contribution < 1.29 is 0 Å². The Morgan fingerprint density at radius 2 is 2.07 bits per heavy atom. The van der Waals surface area contributed by atoms with E-state index in [1.807, 2.05) is 36.4 Å². The zero-order valence-electron chi connectivity index (χ0n) is 17.0. The zero-order chi connectivity index (χ0) is 20.8. The summed E-state index contributed by atoms with van der Waals surface area (Å²) >= 11 is 6.28. The van der Waals surface area contributed by atoms with Crippen molar-refractivity contribution in [3.05, 3.63) is 59.8 Å². The molecule has 8 heteroatoms. The molecule has 0 spiro atoms. The van der Waals surface area contributed by atoms with Crippen LogP contribution in [0.3, 0.4) is 0 Å². The maximum absolute atomic E-state index is 6.28. The number of anilines is 2. The lowest BCUT2D eigenvalue weighted by Crippen LogP contribution is -2.45. The molecule has 0 saturated carbocycles. The van der Waals surface area contributed by atoms with E-state index >= 15 is 0 Å². The number of guanidine groups is 1. The monoisotopic (exact) mass is 423 g/mol. The van der Waals surface area contributed by atoms with Crippen LogP contribution in [0.5, 0.6) is 0 Å². The van der Waals surface area contributed by atoms with Crippen molar-refractivity contribution in [2.24, 2.45) is 4.99 Å². The number of aromatic nitrogens is 2. The molecule has 1 aliphatic heterocycles. The van der Waals surface area contributed by atoms with Crippen LogP contribution in [-0.2, 0) is 0 Å². The first kappa shape index (κ1) is 20.2. The molecular formula is C22H26ClN7. The Morgan fingerprint density at radius 1 is 1.17 bits per heavy atom. The van der Waals surface area contributed by atoms with Gasteiger partial charge >= 0.3 is 0 Å². The number of nitrogens with zero attached hydrogens (tertiary/aromatic N) is 4. The number of nitrogens with one attached hydrogen (secondary N) is 3. The fraction of sp³-hybridized carbons (Fsp3) is 0.318. The van der Waals surface area contributed by atoms with Crippen LogP contribution in [-0.4, -0.2) is 55.2 Å². The van der Waals surface area contributed by atoms with Gasteiger partial charge in [-0.25, -0.2) is 9.97 Å². The maximum Gasteiger partial charge on any atom is 0.191 e. The van der Waals surface area contributed by atoms with E-state index in [-0.39, 0.29) is 0 Å². The Bertz CT molecular complexity index is 1020. The smallest absolute Gasteiger partial charge is 0.191 e. The summed E-state index contributed by atoms with van der Waals surface area (Å²) in [5, 5.41) is 12.0. The summed E-state index contributed by atoms with van der Waals surface area (Å²) in [5.74, 6) is 2.51. The third-order valence-corrected chi connectivity index (χ3v) is 5.41. The number of pyridine rings is 2. The second-order valence-corrected chi connectivity index (χ2v) is 7.61. The highest BCUT2D eigenvalue weighted by atomic mass is 35.5. The highest BCUT2D eigenvalue weighted by Gasteiger charge is 2.25. The number of aliphatic imine (C=N–C) groups is 1. The lowest BCUT2D eigenvalue weighted by Gasteiger charge is -2.20.